The Morgan fingerprint density at radius 1 is 1.27 bits per heavy atom. The Kier molecular flexibility index (Phi) is 3.60. The highest BCUT2D eigenvalue weighted by atomic mass is 19.1. The molecule has 0 atom stereocenters. The van der Waals surface area contributed by atoms with E-state index in [1.807, 2.05) is 0 Å². The molecule has 0 bridgehead atoms. The Morgan fingerprint density at radius 2 is 2.09 bits per heavy atom. The highest BCUT2D eigenvalue weighted by Crippen LogP contribution is 2.31. The fourth-order valence-corrected chi connectivity index (χ4v) is 2.24. The maximum Gasteiger partial charge on any atom is 0.164 e. The third-order valence-corrected chi connectivity index (χ3v) is 3.34. The minimum Gasteiger partial charge on any atom is -0.396 e. The van der Waals surface area contributed by atoms with Crippen LogP contribution >= 0.6 is 0 Å². The zero-order chi connectivity index (χ0) is 15.7. The molecule has 3 aromatic rings. The number of nitrogens with two attached hydrogens (primary N) is 2. The van der Waals surface area contributed by atoms with E-state index in [2.05, 4.69) is 15.1 Å². The lowest BCUT2D eigenvalue weighted by Crippen LogP contribution is -2.06. The molecule has 8 heteroatoms. The molecule has 2 heterocycles. The first-order valence-corrected chi connectivity index (χ1v) is 6.63. The van der Waals surface area contributed by atoms with E-state index >= 15 is 0 Å². The van der Waals surface area contributed by atoms with Crippen LogP contribution in [-0.2, 0) is 11.3 Å². The van der Waals surface area contributed by atoms with Crippen LogP contribution in [0.5, 0.6) is 0 Å². The molecule has 0 amide bonds. The molecule has 4 N–H and O–H groups in total. The van der Waals surface area contributed by atoms with Crippen molar-refractivity contribution in [2.75, 3.05) is 25.2 Å². The number of nitrogens with zero attached hydrogens (tertiary/aromatic N) is 4. The summed E-state index contributed by atoms with van der Waals surface area (Å²) < 4.78 is 20.5. The van der Waals surface area contributed by atoms with E-state index in [0.29, 0.717) is 41.3 Å². The average molecular weight is 302 g/mol. The molecule has 0 saturated heterocycles. The van der Waals surface area contributed by atoms with Crippen LogP contribution in [0, 0.1) is 5.82 Å². The SMILES string of the molecule is COCCn1nc(-c2ccc(N)c(F)c2)c2c(N)ncnc21. The number of rotatable bonds is 4. The first-order valence-electron chi connectivity index (χ1n) is 6.63. The largest absolute Gasteiger partial charge is 0.396 e. The first-order chi connectivity index (χ1) is 10.6. The molecular formula is C14H15FN6O. The lowest BCUT2D eigenvalue weighted by Gasteiger charge is -2.01. The third kappa shape index (κ3) is 2.33. The van der Waals surface area contributed by atoms with Gasteiger partial charge in [-0.3, -0.25) is 0 Å². The Labute approximate surface area is 125 Å². The van der Waals surface area contributed by atoms with Gasteiger partial charge in [0.15, 0.2) is 5.65 Å². The molecule has 0 aliphatic heterocycles. The maximum absolute atomic E-state index is 13.7. The number of hydrogen-bond donors (Lipinski definition) is 2. The second-order valence-electron chi connectivity index (χ2n) is 4.76. The topological polar surface area (TPSA) is 105 Å². The number of ether oxygens (including phenoxy) is 1. The number of halogens is 1. The van der Waals surface area contributed by atoms with Gasteiger partial charge in [0.05, 0.1) is 24.2 Å². The summed E-state index contributed by atoms with van der Waals surface area (Å²) in [6, 6.07) is 4.50. The van der Waals surface area contributed by atoms with E-state index in [1.54, 1.807) is 17.9 Å². The van der Waals surface area contributed by atoms with Gasteiger partial charge in [0.2, 0.25) is 0 Å². The minimum atomic E-state index is -0.507. The van der Waals surface area contributed by atoms with Crippen LogP contribution in [0.2, 0.25) is 0 Å². The van der Waals surface area contributed by atoms with Gasteiger partial charge in [-0.05, 0) is 12.1 Å². The van der Waals surface area contributed by atoms with Crippen molar-refractivity contribution in [2.45, 2.75) is 6.54 Å². The number of fused-ring (bicyclic) bond motifs is 1. The van der Waals surface area contributed by atoms with E-state index in [4.69, 9.17) is 16.2 Å². The normalized spacial score (nSPS) is 11.2. The molecule has 1 aromatic carbocycles. The molecule has 0 spiro atoms. The summed E-state index contributed by atoms with van der Waals surface area (Å²) in [5.41, 5.74) is 13.2. The molecule has 0 aliphatic carbocycles. The molecule has 7 nitrogen and oxygen atoms in total. The van der Waals surface area contributed by atoms with Crippen molar-refractivity contribution >= 4 is 22.5 Å². The van der Waals surface area contributed by atoms with Gasteiger partial charge in [0.25, 0.3) is 0 Å². The maximum atomic E-state index is 13.7. The van der Waals surface area contributed by atoms with E-state index in [1.165, 1.54) is 18.5 Å². The van der Waals surface area contributed by atoms with E-state index in [-0.39, 0.29) is 5.69 Å². The van der Waals surface area contributed by atoms with Gasteiger partial charge in [0, 0.05) is 12.7 Å². The first kappa shape index (κ1) is 14.2. The summed E-state index contributed by atoms with van der Waals surface area (Å²) >= 11 is 0. The van der Waals surface area contributed by atoms with E-state index in [0.717, 1.165) is 0 Å². The van der Waals surface area contributed by atoms with Crippen molar-refractivity contribution in [3.63, 3.8) is 0 Å². The Hall–Kier alpha value is -2.74. The van der Waals surface area contributed by atoms with Gasteiger partial charge < -0.3 is 16.2 Å². The third-order valence-electron chi connectivity index (χ3n) is 3.34. The Bertz CT molecular complexity index is 832. The van der Waals surface area contributed by atoms with Crippen LogP contribution in [0.15, 0.2) is 24.5 Å². The van der Waals surface area contributed by atoms with Crippen molar-refractivity contribution in [1.29, 1.82) is 0 Å². The van der Waals surface area contributed by atoms with Crippen LogP contribution < -0.4 is 11.5 Å². The smallest absolute Gasteiger partial charge is 0.164 e. The molecule has 0 saturated carbocycles. The highest BCUT2D eigenvalue weighted by Gasteiger charge is 2.17. The Morgan fingerprint density at radius 3 is 2.82 bits per heavy atom. The number of hydrogen-bond acceptors (Lipinski definition) is 6. The molecule has 22 heavy (non-hydrogen) atoms. The fraction of sp³-hybridized carbons (Fsp3) is 0.214. The fourth-order valence-electron chi connectivity index (χ4n) is 2.24. The lowest BCUT2D eigenvalue weighted by atomic mass is 10.1. The monoisotopic (exact) mass is 302 g/mol. The van der Waals surface area contributed by atoms with Crippen LogP contribution in [0.1, 0.15) is 0 Å². The van der Waals surface area contributed by atoms with Crippen molar-refractivity contribution < 1.29 is 9.13 Å². The predicted octanol–water partition coefficient (Wildman–Crippen LogP) is 1.44. The summed E-state index contributed by atoms with van der Waals surface area (Å²) in [4.78, 5) is 8.21. The zero-order valence-corrected chi connectivity index (χ0v) is 12.0. The molecule has 114 valence electrons. The summed E-state index contributed by atoms with van der Waals surface area (Å²) in [6.07, 6.45) is 1.37. The van der Waals surface area contributed by atoms with Gasteiger partial charge in [0.1, 0.15) is 23.7 Å². The standard InChI is InChI=1S/C14H15FN6O/c1-22-5-4-21-14-11(13(17)18-7-19-14)12(20-21)8-2-3-10(16)9(15)6-8/h2-3,6-7H,4-5,16H2,1H3,(H2,17,18,19). The average Bonchev–Trinajstić information content (AvgIpc) is 2.88. The molecule has 3 rings (SSSR count). The van der Waals surface area contributed by atoms with Gasteiger partial charge in [-0.15, -0.1) is 0 Å². The predicted molar refractivity (Wildman–Crippen MR) is 81.4 cm³/mol. The second-order valence-corrected chi connectivity index (χ2v) is 4.76. The van der Waals surface area contributed by atoms with Gasteiger partial charge in [-0.2, -0.15) is 5.10 Å². The minimum absolute atomic E-state index is 0.0797. The van der Waals surface area contributed by atoms with Crippen molar-refractivity contribution in [1.82, 2.24) is 19.7 Å². The number of anilines is 2. The summed E-state index contributed by atoms with van der Waals surface area (Å²) in [5, 5.41) is 5.06. The molecule has 0 aliphatic rings. The van der Waals surface area contributed by atoms with Crippen molar-refractivity contribution in [2.24, 2.45) is 0 Å². The molecular weight excluding hydrogens is 287 g/mol. The zero-order valence-electron chi connectivity index (χ0n) is 12.0. The van der Waals surface area contributed by atoms with Crippen molar-refractivity contribution in [3.05, 3.63) is 30.3 Å². The Balaban J connectivity index is 2.22. The lowest BCUT2D eigenvalue weighted by molar-refractivity contribution is 0.184. The summed E-state index contributed by atoms with van der Waals surface area (Å²) in [5.74, 6) is -0.214. The van der Waals surface area contributed by atoms with Crippen molar-refractivity contribution in [3.8, 4) is 11.3 Å². The van der Waals surface area contributed by atoms with Crippen LogP contribution in [-0.4, -0.2) is 33.5 Å². The van der Waals surface area contributed by atoms with Crippen LogP contribution in [0.4, 0.5) is 15.9 Å². The highest BCUT2D eigenvalue weighted by molar-refractivity contribution is 5.98. The number of benzene rings is 1. The van der Waals surface area contributed by atoms with Gasteiger partial charge in [-0.1, -0.05) is 6.07 Å². The number of methoxy groups -OCH3 is 1. The number of nitrogen functional groups attached to an aromatic ring is 2. The number of aromatic nitrogens is 4. The second kappa shape index (κ2) is 5.57. The van der Waals surface area contributed by atoms with Gasteiger partial charge in [-0.25, -0.2) is 19.0 Å². The molecule has 0 fully saturated rings. The molecule has 2 aromatic heterocycles. The van der Waals surface area contributed by atoms with Gasteiger partial charge >= 0.3 is 0 Å². The molecule has 0 unspecified atom stereocenters. The van der Waals surface area contributed by atoms with E-state index in [9.17, 15) is 4.39 Å². The van der Waals surface area contributed by atoms with Crippen LogP contribution in [0.25, 0.3) is 22.3 Å². The molecule has 0 radical (unpaired) electrons. The quantitative estimate of drug-likeness (QED) is 0.707. The summed E-state index contributed by atoms with van der Waals surface area (Å²) in [6.45, 7) is 0.969. The summed E-state index contributed by atoms with van der Waals surface area (Å²) in [7, 11) is 1.60. The van der Waals surface area contributed by atoms with E-state index < -0.39 is 5.82 Å². The van der Waals surface area contributed by atoms with Crippen LogP contribution in [0.3, 0.4) is 0 Å².